The number of hydrogen-bond acceptors (Lipinski definition) is 5. The Morgan fingerprint density at radius 1 is 0.963 bits per heavy atom. The second kappa shape index (κ2) is 7.45. The summed E-state index contributed by atoms with van der Waals surface area (Å²) in [5.74, 6) is 0.870. The molecule has 0 saturated carbocycles. The van der Waals surface area contributed by atoms with Gasteiger partial charge in [-0.3, -0.25) is 14.6 Å². The lowest BCUT2D eigenvalue weighted by molar-refractivity contribution is -0.116. The predicted molar refractivity (Wildman–Crippen MR) is 101 cm³/mol. The van der Waals surface area contributed by atoms with Crippen LogP contribution in [0.25, 0.3) is 10.9 Å². The summed E-state index contributed by atoms with van der Waals surface area (Å²) in [6.45, 7) is 0.968. The summed E-state index contributed by atoms with van der Waals surface area (Å²) in [5, 5.41) is 3.79. The second-order valence-electron chi connectivity index (χ2n) is 6.21. The molecular weight excluding hydrogens is 344 g/mol. The van der Waals surface area contributed by atoms with Crippen molar-refractivity contribution in [3.63, 3.8) is 0 Å². The number of ketones is 1. The Balaban J connectivity index is 1.39. The fourth-order valence-electron chi connectivity index (χ4n) is 3.01. The molecule has 0 bridgehead atoms. The number of amides is 1. The third-order valence-corrected chi connectivity index (χ3v) is 4.35. The molecule has 136 valence electrons. The number of carbonyl (C=O) groups excluding carboxylic acids is 2. The summed E-state index contributed by atoms with van der Waals surface area (Å²) in [6, 6.07) is 14.5. The van der Waals surface area contributed by atoms with Crippen LogP contribution in [0.15, 0.2) is 54.7 Å². The Labute approximate surface area is 156 Å². The zero-order valence-corrected chi connectivity index (χ0v) is 14.6. The molecule has 1 aliphatic rings. The van der Waals surface area contributed by atoms with E-state index in [0.29, 0.717) is 36.0 Å². The summed E-state index contributed by atoms with van der Waals surface area (Å²) >= 11 is 0. The topological polar surface area (TPSA) is 77.5 Å². The van der Waals surface area contributed by atoms with Crippen molar-refractivity contribution in [3.8, 4) is 11.5 Å². The molecule has 2 aromatic carbocycles. The van der Waals surface area contributed by atoms with Gasteiger partial charge in [-0.2, -0.15) is 0 Å². The largest absolute Gasteiger partial charge is 0.486 e. The lowest BCUT2D eigenvalue weighted by Crippen LogP contribution is -2.16. The number of carbonyl (C=O) groups is 2. The van der Waals surface area contributed by atoms with Crippen LogP contribution in [0.3, 0.4) is 0 Å². The molecule has 1 N–H and O–H groups in total. The van der Waals surface area contributed by atoms with Crippen molar-refractivity contribution >= 4 is 28.3 Å². The summed E-state index contributed by atoms with van der Waals surface area (Å²) in [5.41, 5.74) is 1.88. The number of benzene rings is 2. The van der Waals surface area contributed by atoms with Gasteiger partial charge in [0.25, 0.3) is 0 Å². The van der Waals surface area contributed by atoms with Gasteiger partial charge in [0.2, 0.25) is 5.91 Å². The van der Waals surface area contributed by atoms with Crippen LogP contribution in [0.4, 0.5) is 5.69 Å². The minimum absolute atomic E-state index is 0.0937. The van der Waals surface area contributed by atoms with Crippen LogP contribution < -0.4 is 14.8 Å². The normalized spacial score (nSPS) is 12.6. The molecule has 27 heavy (non-hydrogen) atoms. The highest BCUT2D eigenvalue weighted by atomic mass is 16.6. The highest BCUT2D eigenvalue weighted by Gasteiger charge is 2.16. The standard InChI is InChI=1S/C21H18N2O4/c24-17(15-6-8-18-19(13-15)27-12-11-26-18)7-9-20(25)23-16-5-1-3-14-4-2-10-22-21(14)16/h1-6,8,10,13H,7,9,11-12H2,(H,23,25). The predicted octanol–water partition coefficient (Wildman–Crippen LogP) is 3.61. The van der Waals surface area contributed by atoms with E-state index >= 15 is 0 Å². The molecule has 0 spiro atoms. The molecule has 0 saturated heterocycles. The minimum atomic E-state index is -0.223. The molecule has 3 aromatic rings. The zero-order valence-electron chi connectivity index (χ0n) is 14.6. The molecule has 4 rings (SSSR count). The van der Waals surface area contributed by atoms with Crippen molar-refractivity contribution in [1.29, 1.82) is 0 Å². The maximum absolute atomic E-state index is 12.4. The molecule has 0 atom stereocenters. The van der Waals surface area contributed by atoms with Crippen molar-refractivity contribution in [2.45, 2.75) is 12.8 Å². The maximum Gasteiger partial charge on any atom is 0.224 e. The first-order valence-electron chi connectivity index (χ1n) is 8.77. The van der Waals surface area contributed by atoms with Gasteiger partial charge < -0.3 is 14.8 Å². The number of ether oxygens (including phenoxy) is 2. The van der Waals surface area contributed by atoms with Gasteiger partial charge in [-0.25, -0.2) is 0 Å². The number of anilines is 1. The third kappa shape index (κ3) is 3.74. The van der Waals surface area contributed by atoms with Crippen LogP contribution in [0.2, 0.25) is 0 Å². The van der Waals surface area contributed by atoms with Crippen molar-refractivity contribution in [2.24, 2.45) is 0 Å². The Kier molecular flexibility index (Phi) is 4.70. The van der Waals surface area contributed by atoms with Gasteiger partial charge in [-0.1, -0.05) is 18.2 Å². The van der Waals surface area contributed by atoms with Crippen LogP contribution in [-0.4, -0.2) is 29.9 Å². The van der Waals surface area contributed by atoms with Gasteiger partial charge in [-0.15, -0.1) is 0 Å². The van der Waals surface area contributed by atoms with Gasteiger partial charge in [0.15, 0.2) is 17.3 Å². The van der Waals surface area contributed by atoms with E-state index in [1.54, 1.807) is 30.5 Å². The van der Waals surface area contributed by atoms with E-state index in [-0.39, 0.29) is 24.5 Å². The monoisotopic (exact) mass is 362 g/mol. The number of fused-ring (bicyclic) bond motifs is 2. The van der Waals surface area contributed by atoms with Crippen molar-refractivity contribution < 1.29 is 19.1 Å². The molecule has 2 heterocycles. The van der Waals surface area contributed by atoms with Crippen molar-refractivity contribution in [3.05, 3.63) is 60.3 Å². The first-order valence-corrected chi connectivity index (χ1v) is 8.77. The molecule has 6 heteroatoms. The highest BCUT2D eigenvalue weighted by molar-refractivity contribution is 6.03. The Morgan fingerprint density at radius 2 is 1.78 bits per heavy atom. The zero-order chi connectivity index (χ0) is 18.6. The van der Waals surface area contributed by atoms with E-state index in [1.165, 1.54) is 0 Å². The quantitative estimate of drug-likeness (QED) is 0.702. The van der Waals surface area contributed by atoms with E-state index in [4.69, 9.17) is 9.47 Å². The minimum Gasteiger partial charge on any atom is -0.486 e. The van der Waals surface area contributed by atoms with Crippen molar-refractivity contribution in [2.75, 3.05) is 18.5 Å². The van der Waals surface area contributed by atoms with Crippen molar-refractivity contribution in [1.82, 2.24) is 4.98 Å². The SMILES string of the molecule is O=C(CCC(=O)c1ccc2c(c1)OCCO2)Nc1cccc2cccnc12. The summed E-state index contributed by atoms with van der Waals surface area (Å²) in [4.78, 5) is 29.0. The fourth-order valence-corrected chi connectivity index (χ4v) is 3.01. The average Bonchev–Trinajstić information content (AvgIpc) is 2.72. The number of nitrogens with zero attached hydrogens (tertiary/aromatic N) is 1. The fraction of sp³-hybridized carbons (Fsp3) is 0.190. The Hall–Kier alpha value is -3.41. The number of rotatable bonds is 5. The summed E-state index contributed by atoms with van der Waals surface area (Å²) < 4.78 is 10.9. The second-order valence-corrected chi connectivity index (χ2v) is 6.21. The van der Waals surface area contributed by atoms with E-state index in [2.05, 4.69) is 10.3 Å². The number of hydrogen-bond donors (Lipinski definition) is 1. The van der Waals surface area contributed by atoms with Crippen LogP contribution in [-0.2, 0) is 4.79 Å². The third-order valence-electron chi connectivity index (χ3n) is 4.35. The maximum atomic E-state index is 12.4. The summed E-state index contributed by atoms with van der Waals surface area (Å²) in [7, 11) is 0. The Morgan fingerprint density at radius 3 is 2.67 bits per heavy atom. The molecule has 0 unspecified atom stereocenters. The van der Waals surface area contributed by atoms with Crippen LogP contribution in [0.1, 0.15) is 23.2 Å². The molecule has 0 aliphatic carbocycles. The molecular formula is C21H18N2O4. The van der Waals surface area contributed by atoms with Crippen LogP contribution in [0.5, 0.6) is 11.5 Å². The average molecular weight is 362 g/mol. The van der Waals surface area contributed by atoms with Gasteiger partial charge in [0.1, 0.15) is 13.2 Å². The molecule has 1 aromatic heterocycles. The molecule has 0 radical (unpaired) electrons. The van der Waals surface area contributed by atoms with Gasteiger partial charge in [-0.05, 0) is 30.3 Å². The van der Waals surface area contributed by atoms with Gasteiger partial charge in [0, 0.05) is 30.0 Å². The summed E-state index contributed by atoms with van der Waals surface area (Å²) in [6.07, 6.45) is 1.89. The van der Waals surface area contributed by atoms with Crippen LogP contribution in [0, 0.1) is 0 Å². The Bertz CT molecular complexity index is 1010. The number of Topliss-reactive ketones (excluding diaryl/α,β-unsaturated/α-hetero) is 1. The number of aromatic nitrogens is 1. The number of para-hydroxylation sites is 1. The smallest absolute Gasteiger partial charge is 0.224 e. The van der Waals surface area contributed by atoms with E-state index in [0.717, 1.165) is 10.9 Å². The first-order chi connectivity index (χ1) is 13.2. The van der Waals surface area contributed by atoms with Gasteiger partial charge in [0.05, 0.1) is 11.2 Å². The number of pyridine rings is 1. The van der Waals surface area contributed by atoms with E-state index in [1.807, 2.05) is 24.3 Å². The van der Waals surface area contributed by atoms with E-state index in [9.17, 15) is 9.59 Å². The van der Waals surface area contributed by atoms with E-state index < -0.39 is 0 Å². The molecule has 6 nitrogen and oxygen atoms in total. The highest BCUT2D eigenvalue weighted by Crippen LogP contribution is 2.31. The number of nitrogens with one attached hydrogen (secondary N) is 1. The molecule has 1 aliphatic heterocycles. The molecule has 0 fully saturated rings. The lowest BCUT2D eigenvalue weighted by Gasteiger charge is -2.18. The first kappa shape index (κ1) is 17.0. The lowest BCUT2D eigenvalue weighted by atomic mass is 10.1. The van der Waals surface area contributed by atoms with Gasteiger partial charge >= 0.3 is 0 Å². The molecule has 1 amide bonds. The van der Waals surface area contributed by atoms with Crippen LogP contribution >= 0.6 is 0 Å².